The number of nitrogens with one attached hydrogen (secondary N) is 2. The highest BCUT2D eigenvalue weighted by molar-refractivity contribution is 5.89. The minimum Gasteiger partial charge on any atom is -0.378 e. The van der Waals surface area contributed by atoms with Crippen LogP contribution in [-0.4, -0.2) is 26.7 Å². The summed E-state index contributed by atoms with van der Waals surface area (Å²) in [6, 6.07) is 13.0. The van der Waals surface area contributed by atoms with Crippen molar-refractivity contribution in [2.24, 2.45) is 0 Å². The van der Waals surface area contributed by atoms with Gasteiger partial charge in [-0.1, -0.05) is 11.8 Å². The Balaban J connectivity index is 1.80. The molecule has 2 aromatic rings. The fourth-order valence-electron chi connectivity index (χ4n) is 1.82. The summed E-state index contributed by atoms with van der Waals surface area (Å²) < 4.78 is 12.8. The van der Waals surface area contributed by atoms with Gasteiger partial charge in [0.25, 0.3) is 0 Å². The highest BCUT2D eigenvalue weighted by Crippen LogP contribution is 2.11. The Morgan fingerprint density at radius 1 is 1.09 bits per heavy atom. The molecule has 2 rings (SSSR count). The molecule has 2 N–H and O–H groups in total. The molecule has 23 heavy (non-hydrogen) atoms. The largest absolute Gasteiger partial charge is 0.378 e. The Labute approximate surface area is 135 Å². The van der Waals surface area contributed by atoms with E-state index in [-0.39, 0.29) is 18.4 Å². The van der Waals surface area contributed by atoms with Crippen LogP contribution in [0.5, 0.6) is 0 Å². The number of amides is 2. The van der Waals surface area contributed by atoms with Gasteiger partial charge < -0.3 is 15.5 Å². The van der Waals surface area contributed by atoms with Crippen LogP contribution in [-0.2, 0) is 0 Å². The summed E-state index contributed by atoms with van der Waals surface area (Å²) in [6.45, 7) is 0.225. The molecule has 0 spiro atoms. The normalized spacial score (nSPS) is 9.52. The van der Waals surface area contributed by atoms with Crippen LogP contribution in [0.1, 0.15) is 5.56 Å². The Morgan fingerprint density at radius 3 is 2.35 bits per heavy atom. The summed E-state index contributed by atoms with van der Waals surface area (Å²) in [7, 11) is 3.95. The maximum absolute atomic E-state index is 12.8. The number of hydrogen-bond donors (Lipinski definition) is 2. The molecule has 4 nitrogen and oxygen atoms in total. The first-order chi connectivity index (χ1) is 11.0. The SMILES string of the molecule is CN(C)c1ccc(C#CCNC(=O)Nc2ccc(F)cc2)cc1. The molecule has 0 atom stereocenters. The first-order valence-electron chi connectivity index (χ1n) is 7.11. The zero-order chi connectivity index (χ0) is 16.7. The van der Waals surface area contributed by atoms with Gasteiger partial charge in [0.2, 0.25) is 0 Å². The van der Waals surface area contributed by atoms with Gasteiger partial charge in [-0.3, -0.25) is 0 Å². The highest BCUT2D eigenvalue weighted by atomic mass is 19.1. The fraction of sp³-hybridized carbons (Fsp3) is 0.167. The maximum Gasteiger partial charge on any atom is 0.319 e. The minimum atomic E-state index is -0.381. The fourth-order valence-corrected chi connectivity index (χ4v) is 1.82. The van der Waals surface area contributed by atoms with E-state index in [1.807, 2.05) is 43.3 Å². The van der Waals surface area contributed by atoms with Crippen molar-refractivity contribution < 1.29 is 9.18 Å². The number of carbonyl (C=O) groups is 1. The van der Waals surface area contributed by atoms with E-state index in [1.54, 1.807) is 0 Å². The monoisotopic (exact) mass is 311 g/mol. The molecule has 0 saturated carbocycles. The maximum atomic E-state index is 12.8. The van der Waals surface area contributed by atoms with Gasteiger partial charge in [-0.2, -0.15) is 0 Å². The van der Waals surface area contributed by atoms with Crippen LogP contribution in [0.4, 0.5) is 20.6 Å². The van der Waals surface area contributed by atoms with E-state index < -0.39 is 0 Å². The minimum absolute atomic E-state index is 0.225. The third-order valence-corrected chi connectivity index (χ3v) is 3.06. The molecule has 5 heteroatoms. The molecule has 0 aliphatic heterocycles. The molecular weight excluding hydrogens is 293 g/mol. The molecule has 0 fully saturated rings. The van der Waals surface area contributed by atoms with Crippen molar-refractivity contribution in [1.29, 1.82) is 0 Å². The lowest BCUT2D eigenvalue weighted by Crippen LogP contribution is -2.28. The zero-order valence-electron chi connectivity index (χ0n) is 13.1. The first-order valence-corrected chi connectivity index (χ1v) is 7.11. The van der Waals surface area contributed by atoms with E-state index in [9.17, 15) is 9.18 Å². The van der Waals surface area contributed by atoms with Gasteiger partial charge in [0.05, 0.1) is 6.54 Å². The quantitative estimate of drug-likeness (QED) is 0.856. The molecule has 0 radical (unpaired) electrons. The lowest BCUT2D eigenvalue weighted by atomic mass is 10.2. The molecule has 0 aliphatic carbocycles. The summed E-state index contributed by atoms with van der Waals surface area (Å²) in [5.41, 5.74) is 2.51. The Bertz CT molecular complexity index is 713. The lowest BCUT2D eigenvalue weighted by molar-refractivity contribution is 0.253. The molecule has 0 unspecified atom stereocenters. The summed E-state index contributed by atoms with van der Waals surface area (Å²) in [4.78, 5) is 13.7. The van der Waals surface area contributed by atoms with Crippen LogP contribution in [0, 0.1) is 17.7 Å². The summed E-state index contributed by atoms with van der Waals surface area (Å²) in [6.07, 6.45) is 0. The van der Waals surface area contributed by atoms with E-state index in [4.69, 9.17) is 0 Å². The van der Waals surface area contributed by atoms with Crippen molar-refractivity contribution in [3.8, 4) is 11.8 Å². The smallest absolute Gasteiger partial charge is 0.319 e. The predicted molar refractivity (Wildman–Crippen MR) is 91.1 cm³/mol. The number of anilines is 2. The van der Waals surface area contributed by atoms with Gasteiger partial charge >= 0.3 is 6.03 Å². The predicted octanol–water partition coefficient (Wildman–Crippen LogP) is 3.06. The van der Waals surface area contributed by atoms with E-state index in [1.165, 1.54) is 24.3 Å². The number of carbonyl (C=O) groups excluding carboxylic acids is 1. The van der Waals surface area contributed by atoms with Gasteiger partial charge in [-0.15, -0.1) is 0 Å². The van der Waals surface area contributed by atoms with Gasteiger partial charge in [-0.25, -0.2) is 9.18 Å². The third kappa shape index (κ3) is 5.36. The topological polar surface area (TPSA) is 44.4 Å². The van der Waals surface area contributed by atoms with Crippen LogP contribution >= 0.6 is 0 Å². The number of urea groups is 1. The first kappa shape index (κ1) is 16.4. The second kappa shape index (κ2) is 7.85. The molecule has 0 aliphatic rings. The van der Waals surface area contributed by atoms with E-state index in [0.717, 1.165) is 11.3 Å². The molecule has 2 aromatic carbocycles. The number of hydrogen-bond acceptors (Lipinski definition) is 2. The number of benzene rings is 2. The highest BCUT2D eigenvalue weighted by Gasteiger charge is 1.99. The Hall–Kier alpha value is -3.00. The lowest BCUT2D eigenvalue weighted by Gasteiger charge is -2.11. The van der Waals surface area contributed by atoms with Gasteiger partial charge in [0.15, 0.2) is 0 Å². The van der Waals surface area contributed by atoms with Crippen LogP contribution in [0.15, 0.2) is 48.5 Å². The van der Waals surface area contributed by atoms with Crippen molar-refractivity contribution in [1.82, 2.24) is 5.32 Å². The molecule has 0 heterocycles. The molecule has 118 valence electrons. The summed E-state index contributed by atoms with van der Waals surface area (Å²) >= 11 is 0. The van der Waals surface area contributed by atoms with Crippen molar-refractivity contribution in [2.75, 3.05) is 30.9 Å². The van der Waals surface area contributed by atoms with Crippen molar-refractivity contribution in [3.63, 3.8) is 0 Å². The zero-order valence-corrected chi connectivity index (χ0v) is 13.1. The van der Waals surface area contributed by atoms with Crippen molar-refractivity contribution >= 4 is 17.4 Å². The van der Waals surface area contributed by atoms with E-state index >= 15 is 0 Å². The molecule has 0 bridgehead atoms. The summed E-state index contributed by atoms with van der Waals surface area (Å²) in [5, 5.41) is 5.22. The van der Waals surface area contributed by atoms with Crippen LogP contribution in [0.2, 0.25) is 0 Å². The van der Waals surface area contributed by atoms with Crippen molar-refractivity contribution in [3.05, 3.63) is 59.9 Å². The molecule has 0 aromatic heterocycles. The number of nitrogens with zero attached hydrogens (tertiary/aromatic N) is 1. The third-order valence-electron chi connectivity index (χ3n) is 3.06. The Morgan fingerprint density at radius 2 is 1.74 bits per heavy atom. The number of rotatable bonds is 3. The van der Waals surface area contributed by atoms with Gasteiger partial charge in [0, 0.05) is 31.0 Å². The molecule has 2 amide bonds. The van der Waals surface area contributed by atoms with Gasteiger partial charge in [-0.05, 0) is 48.5 Å². The van der Waals surface area contributed by atoms with Crippen LogP contribution in [0.3, 0.4) is 0 Å². The average molecular weight is 311 g/mol. The average Bonchev–Trinajstić information content (AvgIpc) is 2.54. The second-order valence-corrected chi connectivity index (χ2v) is 5.06. The Kier molecular flexibility index (Phi) is 5.59. The van der Waals surface area contributed by atoms with E-state index in [2.05, 4.69) is 22.5 Å². The van der Waals surface area contributed by atoms with Crippen molar-refractivity contribution in [2.45, 2.75) is 0 Å². The molecular formula is C18H18FN3O. The number of halogens is 1. The summed E-state index contributed by atoms with van der Waals surface area (Å²) in [5.74, 6) is 5.51. The van der Waals surface area contributed by atoms with Crippen LogP contribution in [0.25, 0.3) is 0 Å². The van der Waals surface area contributed by atoms with Crippen LogP contribution < -0.4 is 15.5 Å². The van der Waals surface area contributed by atoms with Gasteiger partial charge in [0.1, 0.15) is 5.82 Å². The standard InChI is InChI=1S/C18H18FN3O/c1-22(2)17-11-5-14(6-12-17)4-3-13-20-18(23)21-16-9-7-15(19)8-10-16/h5-12H,13H2,1-2H3,(H2,20,21,23). The second-order valence-electron chi connectivity index (χ2n) is 5.06. The van der Waals surface area contributed by atoms with E-state index in [0.29, 0.717) is 5.69 Å². The molecule has 0 saturated heterocycles.